The summed E-state index contributed by atoms with van der Waals surface area (Å²) in [7, 11) is 0. The summed E-state index contributed by atoms with van der Waals surface area (Å²) in [5.41, 5.74) is 0.321. The lowest BCUT2D eigenvalue weighted by atomic mass is 10.4. The van der Waals surface area contributed by atoms with E-state index in [0.717, 1.165) is 21.6 Å². The van der Waals surface area contributed by atoms with Crippen LogP contribution in [-0.4, -0.2) is 22.4 Å². The molecule has 0 aliphatic carbocycles. The molecule has 7 heteroatoms. The smallest absolute Gasteiger partial charge is 0.271 e. The van der Waals surface area contributed by atoms with E-state index in [-0.39, 0.29) is 5.91 Å². The van der Waals surface area contributed by atoms with Gasteiger partial charge in [-0.05, 0) is 34.5 Å². The second-order valence-corrected chi connectivity index (χ2v) is 6.65. The maximum atomic E-state index is 12.0. The van der Waals surface area contributed by atoms with Gasteiger partial charge in [0.1, 0.15) is 11.5 Å². The number of hydrogen-bond acceptors (Lipinski definition) is 5. The van der Waals surface area contributed by atoms with Gasteiger partial charge in [0.15, 0.2) is 0 Å². The Morgan fingerprint density at radius 3 is 2.95 bits per heavy atom. The zero-order chi connectivity index (χ0) is 14.4. The predicted molar refractivity (Wildman–Crippen MR) is 84.0 cm³/mol. The molecule has 0 saturated heterocycles. The van der Waals surface area contributed by atoms with Crippen molar-refractivity contribution in [2.45, 2.75) is 19.9 Å². The Kier molecular flexibility index (Phi) is 5.49. The SMILES string of the molecule is CCCNc1cncc(C(=O)NCc2ccc(Br)s2)n1. The van der Waals surface area contributed by atoms with Gasteiger partial charge in [-0.15, -0.1) is 11.3 Å². The number of anilines is 1. The minimum atomic E-state index is -0.220. The summed E-state index contributed by atoms with van der Waals surface area (Å²) in [6, 6.07) is 3.93. The summed E-state index contributed by atoms with van der Waals surface area (Å²) in [6.45, 7) is 3.36. The van der Waals surface area contributed by atoms with Gasteiger partial charge in [0, 0.05) is 11.4 Å². The van der Waals surface area contributed by atoms with E-state index in [1.165, 1.54) is 6.20 Å². The van der Waals surface area contributed by atoms with Crippen LogP contribution in [0.4, 0.5) is 5.82 Å². The van der Waals surface area contributed by atoms with Crippen LogP contribution in [0, 0.1) is 0 Å². The minimum absolute atomic E-state index is 0.220. The van der Waals surface area contributed by atoms with Crippen molar-refractivity contribution in [2.24, 2.45) is 0 Å². The van der Waals surface area contributed by atoms with Gasteiger partial charge in [-0.1, -0.05) is 6.92 Å². The third-order valence-corrected chi connectivity index (χ3v) is 4.10. The lowest BCUT2D eigenvalue weighted by Crippen LogP contribution is -2.24. The van der Waals surface area contributed by atoms with Crippen molar-refractivity contribution in [3.63, 3.8) is 0 Å². The van der Waals surface area contributed by atoms with E-state index >= 15 is 0 Å². The number of halogens is 1. The largest absolute Gasteiger partial charge is 0.369 e. The van der Waals surface area contributed by atoms with Crippen LogP contribution in [0.1, 0.15) is 28.7 Å². The number of carbonyl (C=O) groups excluding carboxylic acids is 1. The van der Waals surface area contributed by atoms with Gasteiger partial charge < -0.3 is 10.6 Å². The summed E-state index contributed by atoms with van der Waals surface area (Å²) in [5.74, 6) is 0.403. The first-order valence-electron chi connectivity index (χ1n) is 6.27. The van der Waals surface area contributed by atoms with Crippen LogP contribution < -0.4 is 10.6 Å². The molecule has 0 saturated carbocycles. The molecule has 0 aliphatic heterocycles. The molecule has 2 heterocycles. The van der Waals surface area contributed by atoms with E-state index in [2.05, 4.69) is 43.5 Å². The third kappa shape index (κ3) is 4.28. The molecule has 2 N–H and O–H groups in total. The van der Waals surface area contributed by atoms with Gasteiger partial charge in [-0.2, -0.15) is 0 Å². The first-order valence-corrected chi connectivity index (χ1v) is 7.88. The van der Waals surface area contributed by atoms with Crippen LogP contribution in [0.15, 0.2) is 28.3 Å². The first-order chi connectivity index (χ1) is 9.69. The number of nitrogens with one attached hydrogen (secondary N) is 2. The number of amides is 1. The van der Waals surface area contributed by atoms with Gasteiger partial charge in [0.05, 0.1) is 22.7 Å². The van der Waals surface area contributed by atoms with Crippen molar-refractivity contribution in [3.05, 3.63) is 38.9 Å². The lowest BCUT2D eigenvalue weighted by Gasteiger charge is -2.06. The fourth-order valence-corrected chi connectivity index (χ4v) is 2.94. The third-order valence-electron chi connectivity index (χ3n) is 2.48. The Bertz CT molecular complexity index is 587. The van der Waals surface area contributed by atoms with Crippen LogP contribution in [0.5, 0.6) is 0 Å². The van der Waals surface area contributed by atoms with Crippen LogP contribution in [0.25, 0.3) is 0 Å². The van der Waals surface area contributed by atoms with Crippen LogP contribution in [-0.2, 0) is 6.54 Å². The molecule has 0 spiro atoms. The van der Waals surface area contributed by atoms with E-state index in [0.29, 0.717) is 18.1 Å². The molecule has 106 valence electrons. The summed E-state index contributed by atoms with van der Waals surface area (Å²) in [6.07, 6.45) is 4.07. The van der Waals surface area contributed by atoms with E-state index in [1.807, 2.05) is 12.1 Å². The monoisotopic (exact) mass is 354 g/mol. The van der Waals surface area contributed by atoms with Crippen molar-refractivity contribution in [2.75, 3.05) is 11.9 Å². The summed E-state index contributed by atoms with van der Waals surface area (Å²) < 4.78 is 1.05. The standard InChI is InChI=1S/C13H15BrN4OS/c1-2-5-16-12-8-15-7-10(18-12)13(19)17-6-9-3-4-11(14)20-9/h3-4,7-8H,2,5-6H2,1H3,(H,16,18)(H,17,19). The fourth-order valence-electron chi connectivity index (χ4n) is 1.52. The van der Waals surface area contributed by atoms with Crippen LogP contribution in [0.3, 0.4) is 0 Å². The van der Waals surface area contributed by atoms with E-state index in [4.69, 9.17) is 0 Å². The topological polar surface area (TPSA) is 66.9 Å². The molecule has 2 rings (SSSR count). The van der Waals surface area contributed by atoms with Crippen molar-refractivity contribution < 1.29 is 4.79 Å². The van der Waals surface area contributed by atoms with Crippen molar-refractivity contribution in [1.29, 1.82) is 0 Å². The average molecular weight is 355 g/mol. The maximum Gasteiger partial charge on any atom is 0.271 e. The zero-order valence-electron chi connectivity index (χ0n) is 11.0. The van der Waals surface area contributed by atoms with Crippen molar-refractivity contribution >= 4 is 39.0 Å². The highest BCUT2D eigenvalue weighted by Crippen LogP contribution is 2.21. The fraction of sp³-hybridized carbons (Fsp3) is 0.308. The number of carbonyl (C=O) groups is 1. The van der Waals surface area contributed by atoms with Gasteiger partial charge in [-0.25, -0.2) is 4.98 Å². The predicted octanol–water partition coefficient (Wildman–Crippen LogP) is 3.05. The molecule has 20 heavy (non-hydrogen) atoms. The molecule has 2 aromatic rings. The number of thiophene rings is 1. The van der Waals surface area contributed by atoms with E-state index < -0.39 is 0 Å². The second-order valence-electron chi connectivity index (χ2n) is 4.10. The van der Waals surface area contributed by atoms with Crippen molar-refractivity contribution in [1.82, 2.24) is 15.3 Å². The Morgan fingerprint density at radius 1 is 1.40 bits per heavy atom. The zero-order valence-corrected chi connectivity index (χ0v) is 13.4. The normalized spacial score (nSPS) is 10.3. The van der Waals surface area contributed by atoms with Crippen LogP contribution >= 0.6 is 27.3 Å². The number of aromatic nitrogens is 2. The minimum Gasteiger partial charge on any atom is -0.369 e. The van der Waals surface area contributed by atoms with Crippen LogP contribution in [0.2, 0.25) is 0 Å². The van der Waals surface area contributed by atoms with Gasteiger partial charge in [0.2, 0.25) is 0 Å². The van der Waals surface area contributed by atoms with Gasteiger partial charge in [-0.3, -0.25) is 9.78 Å². The molecule has 0 aliphatic rings. The maximum absolute atomic E-state index is 12.0. The summed E-state index contributed by atoms with van der Waals surface area (Å²) in [5, 5.41) is 5.94. The number of hydrogen-bond donors (Lipinski definition) is 2. The summed E-state index contributed by atoms with van der Waals surface area (Å²) >= 11 is 4.99. The highest BCUT2D eigenvalue weighted by Gasteiger charge is 2.09. The highest BCUT2D eigenvalue weighted by molar-refractivity contribution is 9.11. The van der Waals surface area contributed by atoms with Gasteiger partial charge >= 0.3 is 0 Å². The Hall–Kier alpha value is -1.47. The molecule has 2 aromatic heterocycles. The molecule has 0 fully saturated rings. The molecule has 5 nitrogen and oxygen atoms in total. The highest BCUT2D eigenvalue weighted by atomic mass is 79.9. The van der Waals surface area contributed by atoms with Crippen molar-refractivity contribution in [3.8, 4) is 0 Å². The molecular formula is C13H15BrN4OS. The molecular weight excluding hydrogens is 340 g/mol. The lowest BCUT2D eigenvalue weighted by molar-refractivity contribution is 0.0946. The number of nitrogens with zero attached hydrogens (tertiary/aromatic N) is 2. The second kappa shape index (κ2) is 7.35. The molecule has 0 atom stereocenters. The number of rotatable bonds is 6. The molecule has 0 aromatic carbocycles. The Morgan fingerprint density at radius 2 is 2.25 bits per heavy atom. The first kappa shape index (κ1) is 14.9. The molecule has 1 amide bonds. The molecule has 0 radical (unpaired) electrons. The van der Waals surface area contributed by atoms with E-state index in [9.17, 15) is 4.79 Å². The van der Waals surface area contributed by atoms with E-state index in [1.54, 1.807) is 17.5 Å². The quantitative estimate of drug-likeness (QED) is 0.836. The average Bonchev–Trinajstić information content (AvgIpc) is 2.88. The molecule has 0 unspecified atom stereocenters. The summed E-state index contributed by atoms with van der Waals surface area (Å²) in [4.78, 5) is 21.3. The Labute approximate surface area is 130 Å². The Balaban J connectivity index is 1.94. The van der Waals surface area contributed by atoms with Gasteiger partial charge in [0.25, 0.3) is 5.91 Å². The molecule has 0 bridgehead atoms.